The number of anilines is 1. The molecular formula is C16H16N2S. The molecule has 96 valence electrons. The molecule has 0 saturated carbocycles. The maximum atomic E-state index is 4.17. The molecule has 0 aliphatic heterocycles. The molecule has 0 aliphatic rings. The van der Waals surface area contributed by atoms with E-state index in [1.807, 2.05) is 23.7 Å². The lowest BCUT2D eigenvalue weighted by atomic mass is 10.1. The van der Waals surface area contributed by atoms with Crippen molar-refractivity contribution in [1.82, 2.24) is 4.98 Å². The van der Waals surface area contributed by atoms with E-state index in [2.05, 4.69) is 59.9 Å². The van der Waals surface area contributed by atoms with Crippen LogP contribution in [0.25, 0.3) is 10.8 Å². The van der Waals surface area contributed by atoms with Gasteiger partial charge in [-0.25, -0.2) is 0 Å². The summed E-state index contributed by atoms with van der Waals surface area (Å²) in [6.07, 6.45) is 3.75. The first-order chi connectivity index (χ1) is 9.25. The number of rotatable bonds is 3. The molecule has 3 rings (SSSR count). The van der Waals surface area contributed by atoms with Gasteiger partial charge in [-0.15, -0.1) is 11.3 Å². The number of benzene rings is 1. The van der Waals surface area contributed by atoms with Crippen LogP contribution in [0.5, 0.6) is 0 Å². The van der Waals surface area contributed by atoms with Gasteiger partial charge in [-0.2, -0.15) is 0 Å². The van der Waals surface area contributed by atoms with E-state index in [1.54, 1.807) is 0 Å². The molecule has 1 aromatic carbocycles. The molecule has 0 bridgehead atoms. The van der Waals surface area contributed by atoms with Crippen LogP contribution >= 0.6 is 11.3 Å². The van der Waals surface area contributed by atoms with Gasteiger partial charge in [-0.05, 0) is 43.0 Å². The van der Waals surface area contributed by atoms with Gasteiger partial charge >= 0.3 is 0 Å². The fourth-order valence-electron chi connectivity index (χ4n) is 2.38. The molecule has 2 heterocycles. The molecule has 3 heteroatoms. The summed E-state index contributed by atoms with van der Waals surface area (Å²) >= 11 is 1.81. The van der Waals surface area contributed by atoms with Crippen molar-refractivity contribution in [3.63, 3.8) is 0 Å². The molecule has 0 fully saturated rings. The van der Waals surface area contributed by atoms with Gasteiger partial charge in [-0.1, -0.05) is 12.1 Å². The molecule has 2 aromatic heterocycles. The van der Waals surface area contributed by atoms with E-state index in [4.69, 9.17) is 0 Å². The van der Waals surface area contributed by atoms with Gasteiger partial charge in [0.1, 0.15) is 0 Å². The van der Waals surface area contributed by atoms with Crippen molar-refractivity contribution in [3.8, 4) is 0 Å². The zero-order valence-electron chi connectivity index (χ0n) is 11.1. The Morgan fingerprint density at radius 2 is 2.11 bits per heavy atom. The van der Waals surface area contributed by atoms with Gasteiger partial charge in [-0.3, -0.25) is 4.98 Å². The number of hydrogen-bond acceptors (Lipinski definition) is 3. The lowest BCUT2D eigenvalue weighted by Crippen LogP contribution is -2.06. The number of aryl methyl sites for hydroxylation is 1. The number of nitrogens with one attached hydrogen (secondary N) is 1. The number of nitrogens with zero attached hydrogens (tertiary/aromatic N) is 1. The second kappa shape index (κ2) is 5.02. The van der Waals surface area contributed by atoms with Crippen LogP contribution in [0.3, 0.4) is 0 Å². The molecule has 2 nitrogen and oxygen atoms in total. The predicted octanol–water partition coefficient (Wildman–Crippen LogP) is 4.78. The van der Waals surface area contributed by atoms with Crippen molar-refractivity contribution in [2.75, 3.05) is 5.32 Å². The third-order valence-corrected chi connectivity index (χ3v) is 4.55. The first-order valence-electron chi connectivity index (χ1n) is 6.39. The predicted molar refractivity (Wildman–Crippen MR) is 82.8 cm³/mol. The van der Waals surface area contributed by atoms with Crippen LogP contribution in [0.4, 0.5) is 5.69 Å². The average Bonchev–Trinajstić information content (AvgIpc) is 2.85. The van der Waals surface area contributed by atoms with Gasteiger partial charge < -0.3 is 5.32 Å². The summed E-state index contributed by atoms with van der Waals surface area (Å²) in [5.41, 5.74) is 2.52. The maximum absolute atomic E-state index is 4.17. The van der Waals surface area contributed by atoms with Crippen molar-refractivity contribution in [2.45, 2.75) is 19.9 Å². The molecule has 0 radical (unpaired) electrons. The number of fused-ring (bicyclic) bond motifs is 1. The first kappa shape index (κ1) is 12.2. The second-order valence-electron chi connectivity index (χ2n) is 4.74. The minimum atomic E-state index is 0.318. The summed E-state index contributed by atoms with van der Waals surface area (Å²) in [6, 6.07) is 10.8. The fraction of sp³-hybridized carbons (Fsp3) is 0.188. The SMILES string of the molecule is Cc1ccsc1C(C)Nc1cccc2cnccc12. The van der Waals surface area contributed by atoms with Crippen LogP contribution < -0.4 is 5.32 Å². The maximum Gasteiger partial charge on any atom is 0.0581 e. The van der Waals surface area contributed by atoms with Crippen LogP contribution in [-0.4, -0.2) is 4.98 Å². The van der Waals surface area contributed by atoms with Crippen LogP contribution in [0.2, 0.25) is 0 Å². The summed E-state index contributed by atoms with van der Waals surface area (Å²) in [6.45, 7) is 4.37. The summed E-state index contributed by atoms with van der Waals surface area (Å²) in [5, 5.41) is 8.15. The van der Waals surface area contributed by atoms with Gasteiger partial charge in [0.05, 0.1) is 6.04 Å². The van der Waals surface area contributed by atoms with Crippen LogP contribution in [0.15, 0.2) is 48.1 Å². The van der Waals surface area contributed by atoms with E-state index in [1.165, 1.54) is 26.9 Å². The zero-order chi connectivity index (χ0) is 13.2. The lowest BCUT2D eigenvalue weighted by molar-refractivity contribution is 0.901. The van der Waals surface area contributed by atoms with Crippen molar-refractivity contribution >= 4 is 27.8 Å². The van der Waals surface area contributed by atoms with Gasteiger partial charge in [0.25, 0.3) is 0 Å². The Hall–Kier alpha value is -1.87. The smallest absolute Gasteiger partial charge is 0.0581 e. The van der Waals surface area contributed by atoms with Crippen molar-refractivity contribution in [2.24, 2.45) is 0 Å². The minimum Gasteiger partial charge on any atom is -0.377 e. The van der Waals surface area contributed by atoms with E-state index in [-0.39, 0.29) is 0 Å². The highest BCUT2D eigenvalue weighted by atomic mass is 32.1. The molecule has 0 spiro atoms. The first-order valence-corrected chi connectivity index (χ1v) is 7.27. The third kappa shape index (κ3) is 2.34. The van der Waals surface area contributed by atoms with Crippen molar-refractivity contribution in [3.05, 3.63) is 58.5 Å². The summed E-state index contributed by atoms with van der Waals surface area (Å²) in [7, 11) is 0. The number of aromatic nitrogens is 1. The van der Waals surface area contributed by atoms with Gasteiger partial charge in [0, 0.05) is 33.7 Å². The number of thiophene rings is 1. The molecular weight excluding hydrogens is 252 g/mol. The van der Waals surface area contributed by atoms with E-state index in [9.17, 15) is 0 Å². The van der Waals surface area contributed by atoms with E-state index < -0.39 is 0 Å². The Bertz CT molecular complexity index is 697. The zero-order valence-corrected chi connectivity index (χ0v) is 11.9. The van der Waals surface area contributed by atoms with Crippen LogP contribution in [0.1, 0.15) is 23.4 Å². The van der Waals surface area contributed by atoms with E-state index in [0.717, 1.165) is 0 Å². The molecule has 1 unspecified atom stereocenters. The fourth-order valence-corrected chi connectivity index (χ4v) is 3.31. The van der Waals surface area contributed by atoms with Crippen LogP contribution in [0, 0.1) is 6.92 Å². The highest BCUT2D eigenvalue weighted by Crippen LogP contribution is 2.30. The summed E-state index contributed by atoms with van der Waals surface area (Å²) in [4.78, 5) is 5.57. The summed E-state index contributed by atoms with van der Waals surface area (Å²) < 4.78 is 0. The van der Waals surface area contributed by atoms with Gasteiger partial charge in [0.15, 0.2) is 0 Å². The average molecular weight is 268 g/mol. The normalized spacial score (nSPS) is 12.5. The third-order valence-electron chi connectivity index (χ3n) is 3.35. The number of pyridine rings is 1. The molecule has 1 atom stereocenters. The number of hydrogen-bond donors (Lipinski definition) is 1. The molecule has 3 aromatic rings. The molecule has 0 amide bonds. The van der Waals surface area contributed by atoms with Crippen molar-refractivity contribution in [1.29, 1.82) is 0 Å². The molecule has 0 saturated heterocycles. The Kier molecular flexibility index (Phi) is 3.22. The summed E-state index contributed by atoms with van der Waals surface area (Å²) in [5.74, 6) is 0. The minimum absolute atomic E-state index is 0.318. The monoisotopic (exact) mass is 268 g/mol. The molecule has 0 aliphatic carbocycles. The highest BCUT2D eigenvalue weighted by molar-refractivity contribution is 7.10. The Morgan fingerprint density at radius 1 is 1.21 bits per heavy atom. The van der Waals surface area contributed by atoms with Gasteiger partial charge in [0.2, 0.25) is 0 Å². The van der Waals surface area contributed by atoms with E-state index in [0.29, 0.717) is 6.04 Å². The Balaban J connectivity index is 1.96. The quantitative estimate of drug-likeness (QED) is 0.739. The Labute approximate surface area is 117 Å². The van der Waals surface area contributed by atoms with Crippen LogP contribution in [-0.2, 0) is 0 Å². The standard InChI is InChI=1S/C16H16N2S/c1-11-7-9-19-16(11)12(2)18-15-5-3-4-13-10-17-8-6-14(13)15/h3-10,12,18H,1-2H3. The molecule has 19 heavy (non-hydrogen) atoms. The lowest BCUT2D eigenvalue weighted by Gasteiger charge is -2.16. The second-order valence-corrected chi connectivity index (χ2v) is 5.68. The largest absolute Gasteiger partial charge is 0.377 e. The topological polar surface area (TPSA) is 24.9 Å². The Morgan fingerprint density at radius 3 is 2.89 bits per heavy atom. The van der Waals surface area contributed by atoms with E-state index >= 15 is 0 Å². The highest BCUT2D eigenvalue weighted by Gasteiger charge is 2.10. The molecule has 1 N–H and O–H groups in total. The van der Waals surface area contributed by atoms with Crippen molar-refractivity contribution < 1.29 is 0 Å².